The van der Waals surface area contributed by atoms with Gasteiger partial charge in [-0.2, -0.15) is 11.3 Å². The number of rotatable bonds is 8. The van der Waals surface area contributed by atoms with Crippen molar-refractivity contribution in [1.29, 1.82) is 0 Å². The molecule has 0 fully saturated rings. The fourth-order valence-electron chi connectivity index (χ4n) is 2.59. The zero-order valence-electron chi connectivity index (χ0n) is 15.5. The first-order chi connectivity index (χ1) is 13.6. The van der Waals surface area contributed by atoms with Gasteiger partial charge in [0.1, 0.15) is 6.10 Å². The van der Waals surface area contributed by atoms with E-state index < -0.39 is 6.10 Å². The number of hydrogen-bond donors (Lipinski definition) is 2. The largest absolute Gasteiger partial charge is 0.493 e. The number of aliphatic hydroxyl groups excluding tert-OH is 1. The molecule has 0 saturated carbocycles. The first-order valence-corrected chi connectivity index (χ1v) is 10.3. The monoisotopic (exact) mass is 415 g/mol. The highest BCUT2D eigenvalue weighted by atomic mass is 32.1. The van der Waals surface area contributed by atoms with Crippen LogP contribution < -0.4 is 14.8 Å². The highest BCUT2D eigenvalue weighted by Gasteiger charge is 2.13. The summed E-state index contributed by atoms with van der Waals surface area (Å²) in [5, 5.41) is 17.1. The Morgan fingerprint density at radius 1 is 1.18 bits per heavy atom. The summed E-state index contributed by atoms with van der Waals surface area (Å²) in [6, 6.07) is 11.2. The van der Waals surface area contributed by atoms with Crippen molar-refractivity contribution in [3.05, 3.63) is 74.1 Å². The predicted molar refractivity (Wildman–Crippen MR) is 113 cm³/mol. The summed E-state index contributed by atoms with van der Waals surface area (Å²) >= 11 is 3.05. The van der Waals surface area contributed by atoms with Gasteiger partial charge < -0.3 is 19.9 Å². The van der Waals surface area contributed by atoms with Crippen LogP contribution in [0.1, 0.15) is 27.0 Å². The highest BCUT2D eigenvalue weighted by molar-refractivity contribution is 7.12. The fourth-order valence-corrected chi connectivity index (χ4v) is 4.24. The lowest BCUT2D eigenvalue weighted by molar-refractivity contribution is -0.116. The lowest BCUT2D eigenvalue weighted by Crippen LogP contribution is -2.19. The molecule has 3 aromatic rings. The molecule has 28 heavy (non-hydrogen) atoms. The highest BCUT2D eigenvalue weighted by Crippen LogP contribution is 2.30. The molecule has 1 amide bonds. The van der Waals surface area contributed by atoms with Crippen LogP contribution in [0.15, 0.2) is 53.2 Å². The third-order valence-corrected chi connectivity index (χ3v) is 5.92. The minimum Gasteiger partial charge on any atom is -0.493 e. The normalized spacial score (nSPS) is 12.1. The van der Waals surface area contributed by atoms with Crippen molar-refractivity contribution in [3.8, 4) is 11.5 Å². The van der Waals surface area contributed by atoms with Crippen LogP contribution in [-0.2, 0) is 11.3 Å². The van der Waals surface area contributed by atoms with Crippen molar-refractivity contribution >= 4 is 34.7 Å². The number of ether oxygens (including phenoxy) is 2. The van der Waals surface area contributed by atoms with Gasteiger partial charge in [0.25, 0.3) is 0 Å². The molecule has 0 saturated heterocycles. The predicted octanol–water partition coefficient (Wildman–Crippen LogP) is 4.24. The quantitative estimate of drug-likeness (QED) is 0.540. The molecular formula is C21H21NO4S2. The van der Waals surface area contributed by atoms with E-state index in [2.05, 4.69) is 5.32 Å². The molecule has 2 heterocycles. The zero-order chi connectivity index (χ0) is 19.9. The van der Waals surface area contributed by atoms with Crippen LogP contribution >= 0.6 is 22.7 Å². The summed E-state index contributed by atoms with van der Waals surface area (Å²) in [7, 11) is 3.15. The van der Waals surface area contributed by atoms with Gasteiger partial charge in [-0.05, 0) is 58.3 Å². The first-order valence-electron chi connectivity index (χ1n) is 8.57. The molecule has 2 aromatic heterocycles. The Morgan fingerprint density at radius 2 is 2.00 bits per heavy atom. The zero-order valence-corrected chi connectivity index (χ0v) is 17.2. The van der Waals surface area contributed by atoms with Gasteiger partial charge in [0.2, 0.25) is 5.91 Å². The number of amides is 1. The third kappa shape index (κ3) is 5.01. The number of aliphatic hydroxyl groups is 1. The summed E-state index contributed by atoms with van der Waals surface area (Å²) < 4.78 is 10.5. The van der Waals surface area contributed by atoms with Crippen molar-refractivity contribution in [2.75, 3.05) is 14.2 Å². The first kappa shape index (κ1) is 20.1. The van der Waals surface area contributed by atoms with Crippen LogP contribution in [-0.4, -0.2) is 25.2 Å². The van der Waals surface area contributed by atoms with Crippen molar-refractivity contribution in [3.63, 3.8) is 0 Å². The van der Waals surface area contributed by atoms with Gasteiger partial charge in [-0.3, -0.25) is 4.79 Å². The maximum Gasteiger partial charge on any atom is 0.244 e. The van der Waals surface area contributed by atoms with Crippen molar-refractivity contribution in [2.45, 2.75) is 12.6 Å². The second-order valence-electron chi connectivity index (χ2n) is 5.93. The standard InChI is InChI=1S/C21H21NO4S2/c1-25-17-6-3-14(11-18(17)26-2)4-8-20(23)22-12-16-5-7-19(28-16)21(24)15-9-10-27-13-15/h3-11,13,21,24H,12H2,1-2H3,(H,22,23)/b8-4+. The smallest absolute Gasteiger partial charge is 0.244 e. The lowest BCUT2D eigenvalue weighted by atomic mass is 10.2. The van der Waals surface area contributed by atoms with Crippen LogP contribution in [0.5, 0.6) is 11.5 Å². The van der Waals surface area contributed by atoms with E-state index in [-0.39, 0.29) is 5.91 Å². The van der Waals surface area contributed by atoms with Gasteiger partial charge in [-0.15, -0.1) is 11.3 Å². The molecule has 2 N–H and O–H groups in total. The van der Waals surface area contributed by atoms with Gasteiger partial charge in [-0.1, -0.05) is 6.07 Å². The second kappa shape index (κ2) is 9.54. The Kier molecular flexibility index (Phi) is 6.86. The Labute approximate surface area is 171 Å². The Morgan fingerprint density at radius 3 is 2.71 bits per heavy atom. The van der Waals surface area contributed by atoms with Crippen molar-refractivity contribution in [2.24, 2.45) is 0 Å². The fraction of sp³-hybridized carbons (Fsp3) is 0.190. The van der Waals surface area contributed by atoms with Crippen LogP contribution in [0.25, 0.3) is 6.08 Å². The molecule has 1 aromatic carbocycles. The number of thiophene rings is 2. The van der Waals surface area contributed by atoms with E-state index in [0.717, 1.165) is 20.9 Å². The number of hydrogen-bond acceptors (Lipinski definition) is 6. The second-order valence-corrected chi connectivity index (χ2v) is 7.91. The molecule has 0 spiro atoms. The Hall–Kier alpha value is -2.61. The molecule has 0 aliphatic rings. The van der Waals surface area contributed by atoms with E-state index in [4.69, 9.17) is 9.47 Å². The summed E-state index contributed by atoms with van der Waals surface area (Å²) in [5.74, 6) is 1.06. The molecule has 0 aliphatic carbocycles. The summed E-state index contributed by atoms with van der Waals surface area (Å²) in [5.41, 5.74) is 1.73. The Bertz CT molecular complexity index is 947. The summed E-state index contributed by atoms with van der Waals surface area (Å²) in [6.45, 7) is 0.413. The third-order valence-electron chi connectivity index (χ3n) is 4.08. The molecule has 0 aliphatic heterocycles. The number of carbonyl (C=O) groups excluding carboxylic acids is 1. The van der Waals surface area contributed by atoms with Crippen LogP contribution in [0.3, 0.4) is 0 Å². The van der Waals surface area contributed by atoms with Gasteiger partial charge in [0, 0.05) is 15.8 Å². The number of nitrogens with one attached hydrogen (secondary N) is 1. The number of carbonyl (C=O) groups is 1. The van der Waals surface area contributed by atoms with Crippen LogP contribution in [0, 0.1) is 0 Å². The van der Waals surface area contributed by atoms with E-state index in [0.29, 0.717) is 18.0 Å². The molecule has 1 unspecified atom stereocenters. The van der Waals surface area contributed by atoms with E-state index in [1.54, 1.807) is 43.8 Å². The SMILES string of the molecule is COc1ccc(/C=C/C(=O)NCc2ccc(C(O)c3ccsc3)s2)cc1OC. The Balaban J connectivity index is 1.55. The minimum atomic E-state index is -0.620. The topological polar surface area (TPSA) is 67.8 Å². The molecule has 7 heteroatoms. The molecule has 0 radical (unpaired) electrons. The maximum absolute atomic E-state index is 12.1. The van der Waals surface area contributed by atoms with E-state index in [9.17, 15) is 9.90 Å². The number of benzene rings is 1. The van der Waals surface area contributed by atoms with Crippen LogP contribution in [0.4, 0.5) is 0 Å². The van der Waals surface area contributed by atoms with Crippen LogP contribution in [0.2, 0.25) is 0 Å². The van der Waals surface area contributed by atoms with Gasteiger partial charge in [0.15, 0.2) is 11.5 Å². The average molecular weight is 416 g/mol. The molecule has 146 valence electrons. The molecule has 0 bridgehead atoms. The lowest BCUT2D eigenvalue weighted by Gasteiger charge is -2.07. The van der Waals surface area contributed by atoms with E-state index in [1.165, 1.54) is 17.4 Å². The van der Waals surface area contributed by atoms with Gasteiger partial charge in [0.05, 0.1) is 20.8 Å². The number of methoxy groups -OCH3 is 2. The average Bonchev–Trinajstić information content (AvgIpc) is 3.42. The van der Waals surface area contributed by atoms with Gasteiger partial charge in [-0.25, -0.2) is 0 Å². The van der Waals surface area contributed by atoms with Crippen molar-refractivity contribution < 1.29 is 19.4 Å². The maximum atomic E-state index is 12.1. The molecule has 1 atom stereocenters. The summed E-state index contributed by atoms with van der Waals surface area (Å²) in [6.07, 6.45) is 2.58. The van der Waals surface area contributed by atoms with E-state index in [1.807, 2.05) is 35.0 Å². The summed E-state index contributed by atoms with van der Waals surface area (Å²) in [4.78, 5) is 13.9. The van der Waals surface area contributed by atoms with Gasteiger partial charge >= 0.3 is 0 Å². The van der Waals surface area contributed by atoms with E-state index >= 15 is 0 Å². The molecular weight excluding hydrogens is 394 g/mol. The molecule has 3 rings (SSSR count). The molecule has 5 nitrogen and oxygen atoms in total. The van der Waals surface area contributed by atoms with Crippen molar-refractivity contribution in [1.82, 2.24) is 5.32 Å². The minimum absolute atomic E-state index is 0.192.